The number of halogens is 2. The van der Waals surface area contributed by atoms with E-state index < -0.39 is 5.97 Å². The molecule has 10 heteroatoms. The number of para-hydroxylation sites is 2. The van der Waals surface area contributed by atoms with Gasteiger partial charge in [0.05, 0.1) is 41.3 Å². The average Bonchev–Trinajstić information content (AvgIpc) is 2.98. The van der Waals surface area contributed by atoms with Crippen LogP contribution in [0.25, 0.3) is 22.3 Å². The largest absolute Gasteiger partial charge is 1.00 e. The van der Waals surface area contributed by atoms with Crippen molar-refractivity contribution in [1.82, 2.24) is 0 Å². The van der Waals surface area contributed by atoms with Crippen molar-refractivity contribution in [3.8, 4) is 22.8 Å². The summed E-state index contributed by atoms with van der Waals surface area (Å²) in [6, 6.07) is 24.5. The van der Waals surface area contributed by atoms with Crippen molar-refractivity contribution in [2.24, 2.45) is 0 Å². The molecule has 0 aliphatic rings. The SMILES string of the molecule is COc1c(-c2ccccc2)oc2c(OC)cccc2c1=O.Cc1ccc(Cl)c(Nc2ccccc2C(=O)[O-])c1Cl.[Na+]. The fourth-order valence-corrected chi connectivity index (χ4v) is 4.44. The molecule has 0 atom stereocenters. The molecule has 5 rings (SSSR count). The molecule has 204 valence electrons. The smallest absolute Gasteiger partial charge is 0.545 e. The van der Waals surface area contributed by atoms with Crippen LogP contribution < -0.4 is 54.9 Å². The topological polar surface area (TPSA) is 101 Å². The number of nitrogens with one attached hydrogen (secondary N) is 1. The normalized spacial score (nSPS) is 10.2. The van der Waals surface area contributed by atoms with Crippen molar-refractivity contribution >= 4 is 51.5 Å². The van der Waals surface area contributed by atoms with Crippen LogP contribution in [0.15, 0.2) is 94.1 Å². The zero-order chi connectivity index (χ0) is 28.8. The van der Waals surface area contributed by atoms with Gasteiger partial charge in [0, 0.05) is 16.8 Å². The third-order valence-corrected chi connectivity index (χ3v) is 6.79. The number of aromatic carboxylic acids is 1. The van der Waals surface area contributed by atoms with Gasteiger partial charge < -0.3 is 29.1 Å². The van der Waals surface area contributed by atoms with Crippen molar-refractivity contribution in [3.05, 3.63) is 116 Å². The number of rotatable bonds is 6. The molecule has 0 amide bonds. The number of fused-ring (bicyclic) bond motifs is 1. The van der Waals surface area contributed by atoms with Gasteiger partial charge in [0.25, 0.3) is 0 Å². The molecule has 0 aliphatic heterocycles. The molecule has 0 saturated carbocycles. The van der Waals surface area contributed by atoms with Crippen molar-refractivity contribution < 1.29 is 53.3 Å². The Labute approximate surface area is 268 Å². The van der Waals surface area contributed by atoms with Crippen LogP contribution in [0.4, 0.5) is 11.4 Å². The minimum Gasteiger partial charge on any atom is -0.545 e. The zero-order valence-electron chi connectivity index (χ0n) is 22.8. The number of benzene rings is 4. The van der Waals surface area contributed by atoms with Gasteiger partial charge in [-0.15, -0.1) is 0 Å². The first kappa shape index (κ1) is 32.1. The first-order valence-corrected chi connectivity index (χ1v) is 12.8. The molecule has 0 bridgehead atoms. The molecule has 5 aromatic rings. The summed E-state index contributed by atoms with van der Waals surface area (Å²) in [5.41, 5.74) is 2.75. The van der Waals surface area contributed by atoms with E-state index in [0.29, 0.717) is 43.9 Å². The van der Waals surface area contributed by atoms with E-state index in [1.165, 1.54) is 13.2 Å². The van der Waals surface area contributed by atoms with E-state index >= 15 is 0 Å². The molecule has 0 unspecified atom stereocenters. The van der Waals surface area contributed by atoms with E-state index in [9.17, 15) is 14.7 Å². The molecule has 1 N–H and O–H groups in total. The van der Waals surface area contributed by atoms with E-state index in [2.05, 4.69) is 5.32 Å². The molecule has 7 nitrogen and oxygen atoms in total. The Morgan fingerprint density at radius 2 is 1.56 bits per heavy atom. The maximum Gasteiger partial charge on any atom is 1.00 e. The standard InChI is InChI=1S/C17H14O4.C14H11Cl2NO2.Na/c1-19-13-10-6-9-12-14(18)17(20-2)15(21-16(12)13)11-7-4-3-5-8-11;1-8-6-7-10(15)13(12(8)16)17-11-5-3-2-4-9(11)14(18)19;/h3-10H,1-2H3;2-7,17H,1H3,(H,18,19);/q;;+1/p-1. The van der Waals surface area contributed by atoms with Crippen LogP contribution in [-0.4, -0.2) is 20.2 Å². The predicted molar refractivity (Wildman–Crippen MR) is 156 cm³/mol. The quantitative estimate of drug-likeness (QED) is 0.295. The number of methoxy groups -OCH3 is 2. The Hall–Kier alpha value is -3.46. The van der Waals surface area contributed by atoms with E-state index in [1.807, 2.05) is 37.3 Å². The zero-order valence-corrected chi connectivity index (χ0v) is 26.3. The summed E-state index contributed by atoms with van der Waals surface area (Å²) in [6.45, 7) is 1.84. The van der Waals surface area contributed by atoms with Crippen LogP contribution in [0.3, 0.4) is 0 Å². The van der Waals surface area contributed by atoms with Crippen molar-refractivity contribution in [2.75, 3.05) is 19.5 Å². The summed E-state index contributed by atoms with van der Waals surface area (Å²) in [6.07, 6.45) is 0. The maximum absolute atomic E-state index is 12.6. The molecule has 1 heterocycles. The maximum atomic E-state index is 12.6. The van der Waals surface area contributed by atoms with Crippen LogP contribution in [0.2, 0.25) is 10.0 Å². The Kier molecular flexibility index (Phi) is 11.3. The van der Waals surface area contributed by atoms with Gasteiger partial charge in [-0.3, -0.25) is 4.79 Å². The first-order chi connectivity index (χ1) is 19.3. The van der Waals surface area contributed by atoms with Gasteiger partial charge >= 0.3 is 29.6 Å². The number of ether oxygens (including phenoxy) is 2. The number of carboxylic acid groups (broad SMARTS) is 1. The number of anilines is 2. The Bertz CT molecular complexity index is 1740. The van der Waals surface area contributed by atoms with Gasteiger partial charge in [-0.1, -0.05) is 83.9 Å². The average molecular weight is 600 g/mol. The summed E-state index contributed by atoms with van der Waals surface area (Å²) in [4.78, 5) is 23.6. The van der Waals surface area contributed by atoms with Crippen molar-refractivity contribution in [2.45, 2.75) is 6.92 Å². The van der Waals surface area contributed by atoms with E-state index in [4.69, 9.17) is 37.1 Å². The molecule has 41 heavy (non-hydrogen) atoms. The third kappa shape index (κ3) is 7.07. The Morgan fingerprint density at radius 3 is 2.22 bits per heavy atom. The van der Waals surface area contributed by atoms with Crippen LogP contribution in [0.1, 0.15) is 15.9 Å². The molecule has 0 radical (unpaired) electrons. The number of carboxylic acids is 1. The minimum absolute atomic E-state index is 0. The van der Waals surface area contributed by atoms with Crippen LogP contribution >= 0.6 is 23.2 Å². The number of aryl methyl sites for hydroxylation is 1. The number of hydrogen-bond donors (Lipinski definition) is 1. The summed E-state index contributed by atoms with van der Waals surface area (Å²) in [7, 11) is 3.01. The van der Waals surface area contributed by atoms with E-state index in [-0.39, 0.29) is 46.3 Å². The molecule has 0 spiro atoms. The summed E-state index contributed by atoms with van der Waals surface area (Å²) < 4.78 is 16.5. The Morgan fingerprint density at radius 1 is 0.878 bits per heavy atom. The van der Waals surface area contributed by atoms with Gasteiger partial charge in [-0.2, -0.15) is 0 Å². The Balaban J connectivity index is 0.000000221. The van der Waals surface area contributed by atoms with Gasteiger partial charge in [-0.05, 0) is 36.8 Å². The molecule has 4 aromatic carbocycles. The van der Waals surface area contributed by atoms with E-state index in [0.717, 1.165) is 11.1 Å². The predicted octanol–water partition coefficient (Wildman–Crippen LogP) is 3.89. The first-order valence-electron chi connectivity index (χ1n) is 12.0. The summed E-state index contributed by atoms with van der Waals surface area (Å²) in [5, 5.41) is 15.3. The molecular formula is C31H24Cl2NNaO6. The molecule has 0 fully saturated rings. The fourth-order valence-electron chi connectivity index (χ4n) is 3.98. The van der Waals surface area contributed by atoms with Crippen LogP contribution in [0, 0.1) is 6.92 Å². The molecule has 0 saturated heterocycles. The second kappa shape index (κ2) is 14.4. The number of carbonyl (C=O) groups is 1. The van der Waals surface area contributed by atoms with Crippen LogP contribution in [-0.2, 0) is 0 Å². The summed E-state index contributed by atoms with van der Waals surface area (Å²) >= 11 is 12.2. The monoisotopic (exact) mass is 599 g/mol. The van der Waals surface area contributed by atoms with Gasteiger partial charge in [-0.25, -0.2) is 0 Å². The molecular weight excluding hydrogens is 576 g/mol. The fraction of sp³-hybridized carbons (Fsp3) is 0.0968. The van der Waals surface area contributed by atoms with Gasteiger partial charge in [0.2, 0.25) is 11.2 Å². The van der Waals surface area contributed by atoms with Crippen molar-refractivity contribution in [1.29, 1.82) is 0 Å². The minimum atomic E-state index is -1.26. The van der Waals surface area contributed by atoms with Gasteiger partial charge in [0.15, 0.2) is 17.1 Å². The number of carbonyl (C=O) groups excluding carboxylic acids is 1. The van der Waals surface area contributed by atoms with Crippen molar-refractivity contribution in [3.63, 3.8) is 0 Å². The third-order valence-electron chi connectivity index (χ3n) is 5.99. The molecule has 1 aromatic heterocycles. The van der Waals surface area contributed by atoms with Gasteiger partial charge in [0.1, 0.15) is 0 Å². The second-order valence-electron chi connectivity index (χ2n) is 8.51. The van der Waals surface area contributed by atoms with Crippen LogP contribution in [0.5, 0.6) is 11.5 Å². The summed E-state index contributed by atoms with van der Waals surface area (Å²) in [5.74, 6) is -0.144. The van der Waals surface area contributed by atoms with E-state index in [1.54, 1.807) is 55.6 Å². The second-order valence-corrected chi connectivity index (χ2v) is 9.29. The molecule has 0 aliphatic carbocycles. The number of hydrogen-bond acceptors (Lipinski definition) is 7.